The first-order valence-corrected chi connectivity index (χ1v) is 5.04. The van der Waals surface area contributed by atoms with Gasteiger partial charge in [0.15, 0.2) is 6.07 Å². The zero-order valence-electron chi connectivity index (χ0n) is 8.07. The second-order valence-corrected chi connectivity index (χ2v) is 3.36. The second-order valence-electron chi connectivity index (χ2n) is 3.14. The number of benzene rings is 1. The molecule has 1 aromatic rings. The van der Waals surface area contributed by atoms with E-state index in [1.165, 1.54) is 0 Å². The van der Waals surface area contributed by atoms with Crippen LogP contribution >= 0.6 is 11.6 Å². The lowest BCUT2D eigenvalue weighted by atomic mass is 9.98. The minimum absolute atomic E-state index is 0.0691. The molecule has 0 amide bonds. The number of esters is 1. The fraction of sp³-hybridized carbons (Fsp3) is 0.364. The van der Waals surface area contributed by atoms with Crippen LogP contribution in [0.2, 0.25) is 0 Å². The summed E-state index contributed by atoms with van der Waals surface area (Å²) < 4.78 is 4.66. The minimum atomic E-state index is -0.253. The maximum Gasteiger partial charge on any atom is 0.307 e. The summed E-state index contributed by atoms with van der Waals surface area (Å²) in [7, 11) is 0. The van der Waals surface area contributed by atoms with Crippen LogP contribution in [0.25, 0.3) is 0 Å². The van der Waals surface area contributed by atoms with Gasteiger partial charge in [0.25, 0.3) is 0 Å². The number of alkyl halides is 1. The molecule has 0 aromatic heterocycles. The number of hydrogen-bond acceptors (Lipinski definition) is 2. The number of rotatable bonds is 4. The Morgan fingerprint density at radius 1 is 1.43 bits per heavy atom. The molecular formula is C11H13ClO2. The van der Waals surface area contributed by atoms with Gasteiger partial charge >= 0.3 is 5.97 Å². The van der Waals surface area contributed by atoms with E-state index < -0.39 is 0 Å². The van der Waals surface area contributed by atoms with Crippen molar-refractivity contribution in [1.29, 1.82) is 0 Å². The van der Waals surface area contributed by atoms with Crippen molar-refractivity contribution in [3.63, 3.8) is 0 Å². The van der Waals surface area contributed by atoms with E-state index in [-0.39, 0.29) is 18.0 Å². The maximum atomic E-state index is 11.1. The Morgan fingerprint density at radius 2 is 2.07 bits per heavy atom. The van der Waals surface area contributed by atoms with Gasteiger partial charge in [-0.1, -0.05) is 48.9 Å². The molecular weight excluding hydrogens is 200 g/mol. The Hall–Kier alpha value is -1.02. The van der Waals surface area contributed by atoms with E-state index in [0.717, 1.165) is 5.56 Å². The molecule has 1 unspecified atom stereocenters. The highest BCUT2D eigenvalue weighted by molar-refractivity contribution is 6.17. The summed E-state index contributed by atoms with van der Waals surface area (Å²) in [6.45, 7) is 1.99. The summed E-state index contributed by atoms with van der Waals surface area (Å²) >= 11 is 5.28. The number of ether oxygens (including phenoxy) is 1. The SMILES string of the molecule is CC(CC(=O)OCCl)c1ccccc1. The predicted molar refractivity (Wildman–Crippen MR) is 56.3 cm³/mol. The van der Waals surface area contributed by atoms with E-state index in [1.54, 1.807) is 0 Å². The number of halogens is 1. The molecule has 3 heteroatoms. The average molecular weight is 213 g/mol. The van der Waals surface area contributed by atoms with Gasteiger partial charge in [0.05, 0.1) is 6.42 Å². The van der Waals surface area contributed by atoms with Crippen LogP contribution in [0.1, 0.15) is 24.8 Å². The highest BCUT2D eigenvalue weighted by Gasteiger charge is 2.11. The molecule has 0 aliphatic rings. The van der Waals surface area contributed by atoms with Crippen molar-refractivity contribution in [2.24, 2.45) is 0 Å². The zero-order valence-corrected chi connectivity index (χ0v) is 8.83. The largest absolute Gasteiger partial charge is 0.449 e. The molecule has 0 saturated carbocycles. The number of carbonyl (C=O) groups is 1. The van der Waals surface area contributed by atoms with Crippen molar-refractivity contribution in [1.82, 2.24) is 0 Å². The summed E-state index contributed by atoms with van der Waals surface area (Å²) in [6, 6.07) is 9.79. The first-order chi connectivity index (χ1) is 6.74. The summed E-state index contributed by atoms with van der Waals surface area (Å²) in [4.78, 5) is 11.1. The quantitative estimate of drug-likeness (QED) is 0.567. The van der Waals surface area contributed by atoms with Crippen LogP contribution in [0.3, 0.4) is 0 Å². The summed E-state index contributed by atoms with van der Waals surface area (Å²) in [5.41, 5.74) is 1.14. The monoisotopic (exact) mass is 212 g/mol. The summed E-state index contributed by atoms with van der Waals surface area (Å²) in [6.07, 6.45) is 0.372. The Morgan fingerprint density at radius 3 is 2.64 bits per heavy atom. The van der Waals surface area contributed by atoms with E-state index >= 15 is 0 Å². The second kappa shape index (κ2) is 5.66. The molecule has 0 bridgehead atoms. The van der Waals surface area contributed by atoms with Crippen LogP contribution in [-0.2, 0) is 9.53 Å². The smallest absolute Gasteiger partial charge is 0.307 e. The van der Waals surface area contributed by atoms with Gasteiger partial charge in [-0.3, -0.25) is 4.79 Å². The van der Waals surface area contributed by atoms with Gasteiger partial charge in [-0.05, 0) is 11.5 Å². The van der Waals surface area contributed by atoms with Crippen molar-refractivity contribution in [2.75, 3.05) is 6.07 Å². The molecule has 0 spiro atoms. The van der Waals surface area contributed by atoms with E-state index in [0.29, 0.717) is 6.42 Å². The maximum absolute atomic E-state index is 11.1. The zero-order chi connectivity index (χ0) is 10.4. The van der Waals surface area contributed by atoms with Crippen LogP contribution in [0.15, 0.2) is 30.3 Å². The summed E-state index contributed by atoms with van der Waals surface area (Å²) in [5, 5.41) is 0. The molecule has 0 heterocycles. The van der Waals surface area contributed by atoms with Crippen LogP contribution in [-0.4, -0.2) is 12.0 Å². The molecule has 76 valence electrons. The van der Waals surface area contributed by atoms with Crippen LogP contribution in [0, 0.1) is 0 Å². The number of carbonyl (C=O) groups excluding carboxylic acids is 1. The highest BCUT2D eigenvalue weighted by Crippen LogP contribution is 2.18. The predicted octanol–water partition coefficient (Wildman–Crippen LogP) is 2.92. The third kappa shape index (κ3) is 3.38. The van der Waals surface area contributed by atoms with Gasteiger partial charge in [-0.25, -0.2) is 0 Å². The van der Waals surface area contributed by atoms with Crippen molar-refractivity contribution in [2.45, 2.75) is 19.3 Å². The molecule has 2 nitrogen and oxygen atoms in total. The lowest BCUT2D eigenvalue weighted by Gasteiger charge is -2.09. The fourth-order valence-electron chi connectivity index (χ4n) is 1.27. The Balaban J connectivity index is 2.50. The molecule has 1 aromatic carbocycles. The first kappa shape index (κ1) is 11.1. The molecule has 0 saturated heterocycles. The van der Waals surface area contributed by atoms with Crippen molar-refractivity contribution in [3.05, 3.63) is 35.9 Å². The average Bonchev–Trinajstić information content (AvgIpc) is 2.19. The van der Waals surface area contributed by atoms with Crippen molar-refractivity contribution in [3.8, 4) is 0 Å². The molecule has 0 aliphatic carbocycles. The van der Waals surface area contributed by atoms with E-state index in [1.807, 2.05) is 37.3 Å². The van der Waals surface area contributed by atoms with E-state index in [2.05, 4.69) is 4.74 Å². The van der Waals surface area contributed by atoms with Crippen LogP contribution in [0.5, 0.6) is 0 Å². The first-order valence-electron chi connectivity index (χ1n) is 4.50. The number of hydrogen-bond donors (Lipinski definition) is 0. The Kier molecular flexibility index (Phi) is 4.47. The molecule has 1 rings (SSSR count). The van der Waals surface area contributed by atoms with Crippen molar-refractivity contribution < 1.29 is 9.53 Å². The molecule has 1 atom stereocenters. The van der Waals surface area contributed by atoms with Gasteiger partial charge in [-0.15, -0.1) is 0 Å². The minimum Gasteiger partial charge on any atom is -0.449 e. The molecule has 0 radical (unpaired) electrons. The van der Waals surface area contributed by atoms with Gasteiger partial charge < -0.3 is 4.74 Å². The van der Waals surface area contributed by atoms with Crippen molar-refractivity contribution >= 4 is 17.6 Å². The molecule has 0 aliphatic heterocycles. The lowest BCUT2D eigenvalue weighted by Crippen LogP contribution is -2.07. The highest BCUT2D eigenvalue weighted by atomic mass is 35.5. The van der Waals surface area contributed by atoms with Gasteiger partial charge in [0.2, 0.25) is 0 Å². The van der Waals surface area contributed by atoms with E-state index in [4.69, 9.17) is 11.6 Å². The third-order valence-corrected chi connectivity index (χ3v) is 2.17. The van der Waals surface area contributed by atoms with Crippen LogP contribution in [0.4, 0.5) is 0 Å². The fourth-order valence-corrected chi connectivity index (χ4v) is 1.39. The summed E-state index contributed by atoms with van der Waals surface area (Å²) in [5.74, 6) is -0.0803. The Labute approximate surface area is 88.8 Å². The van der Waals surface area contributed by atoms with Gasteiger partial charge in [-0.2, -0.15) is 0 Å². The van der Waals surface area contributed by atoms with E-state index in [9.17, 15) is 4.79 Å². The molecule has 0 fully saturated rings. The van der Waals surface area contributed by atoms with Gasteiger partial charge in [0.1, 0.15) is 0 Å². The third-order valence-electron chi connectivity index (χ3n) is 2.06. The topological polar surface area (TPSA) is 26.3 Å². The molecule has 0 N–H and O–H groups in total. The standard InChI is InChI=1S/C11H13ClO2/c1-9(7-11(13)14-8-12)10-5-3-2-4-6-10/h2-6,9H,7-8H2,1H3. The Bertz CT molecular complexity index is 285. The van der Waals surface area contributed by atoms with Gasteiger partial charge in [0, 0.05) is 0 Å². The lowest BCUT2D eigenvalue weighted by molar-refractivity contribution is -0.141. The van der Waals surface area contributed by atoms with Crippen LogP contribution < -0.4 is 0 Å². The normalized spacial score (nSPS) is 12.1. The molecule has 14 heavy (non-hydrogen) atoms.